The first kappa shape index (κ1) is 24.0. The van der Waals surface area contributed by atoms with Crippen LogP contribution in [0.2, 0.25) is 0 Å². The Morgan fingerprint density at radius 3 is 2.32 bits per heavy atom. The van der Waals surface area contributed by atoms with E-state index in [4.69, 9.17) is 9.05 Å². The Balaban J connectivity index is 4.39. The van der Waals surface area contributed by atoms with Crippen LogP contribution in [-0.2, 0) is 23.2 Å². The van der Waals surface area contributed by atoms with Crippen LogP contribution < -0.4 is 10.6 Å². The largest absolute Gasteiger partial charge is 0.472 e. The third-order valence-electron chi connectivity index (χ3n) is 3.16. The molecule has 148 valence electrons. The molecule has 0 aromatic rings. The second kappa shape index (κ2) is 10.9. The maximum absolute atomic E-state index is 12.0. The van der Waals surface area contributed by atoms with E-state index in [1.807, 2.05) is 6.92 Å². The van der Waals surface area contributed by atoms with Crippen molar-refractivity contribution in [2.75, 3.05) is 19.7 Å². The maximum Gasteiger partial charge on any atom is 0.472 e. The van der Waals surface area contributed by atoms with Gasteiger partial charge in [-0.05, 0) is 20.3 Å². The quantitative estimate of drug-likeness (QED) is 0.369. The highest BCUT2D eigenvalue weighted by Crippen LogP contribution is 2.46. The fraction of sp³-hybridized carbons (Fsp3) is 0.867. The highest BCUT2D eigenvalue weighted by Gasteiger charge is 2.36. The SMILES string of the molecule is CCCNC(=O)CCNC(=O)C(O)C(C)(C)COP(=O)(O)OC(C)C. The summed E-state index contributed by atoms with van der Waals surface area (Å²) >= 11 is 0. The molecule has 0 rings (SSSR count). The Kier molecular flexibility index (Phi) is 10.4. The average molecular weight is 382 g/mol. The van der Waals surface area contributed by atoms with Crippen LogP contribution in [0.5, 0.6) is 0 Å². The van der Waals surface area contributed by atoms with Gasteiger partial charge < -0.3 is 20.6 Å². The zero-order valence-corrected chi connectivity index (χ0v) is 16.5. The highest BCUT2D eigenvalue weighted by molar-refractivity contribution is 7.47. The van der Waals surface area contributed by atoms with Crippen molar-refractivity contribution < 1.29 is 33.2 Å². The number of amides is 2. The molecular weight excluding hydrogens is 351 g/mol. The minimum Gasteiger partial charge on any atom is -0.383 e. The van der Waals surface area contributed by atoms with Crippen molar-refractivity contribution in [3.8, 4) is 0 Å². The first-order valence-electron chi connectivity index (χ1n) is 8.29. The molecule has 2 amide bonds. The number of aliphatic hydroxyl groups excluding tert-OH is 1. The molecule has 0 aliphatic rings. The fourth-order valence-electron chi connectivity index (χ4n) is 1.73. The summed E-state index contributed by atoms with van der Waals surface area (Å²) in [7, 11) is -4.26. The monoisotopic (exact) mass is 382 g/mol. The number of carbonyl (C=O) groups excluding carboxylic acids is 2. The number of phosphoric ester groups is 1. The fourth-order valence-corrected chi connectivity index (χ4v) is 2.82. The Morgan fingerprint density at radius 1 is 1.20 bits per heavy atom. The molecule has 0 spiro atoms. The van der Waals surface area contributed by atoms with Gasteiger partial charge in [0.25, 0.3) is 0 Å². The standard InChI is InChI=1S/C15H31N2O7P/c1-6-8-16-12(18)7-9-17-14(20)13(19)15(4,5)10-23-25(21,22)24-11(2)3/h11,13,19H,6-10H2,1-5H3,(H,16,18)(H,17,20)(H,21,22). The smallest absolute Gasteiger partial charge is 0.383 e. The predicted molar refractivity (Wildman–Crippen MR) is 92.7 cm³/mol. The second-order valence-electron chi connectivity index (χ2n) is 6.68. The van der Waals surface area contributed by atoms with Gasteiger partial charge in [-0.2, -0.15) is 0 Å². The molecule has 0 bridgehead atoms. The van der Waals surface area contributed by atoms with Crippen molar-refractivity contribution in [2.45, 2.75) is 59.7 Å². The highest BCUT2D eigenvalue weighted by atomic mass is 31.2. The number of phosphoric acid groups is 1. The minimum atomic E-state index is -4.26. The summed E-state index contributed by atoms with van der Waals surface area (Å²) in [5, 5.41) is 15.3. The van der Waals surface area contributed by atoms with Crippen LogP contribution in [0.25, 0.3) is 0 Å². The summed E-state index contributed by atoms with van der Waals surface area (Å²) in [6.45, 7) is 8.41. The van der Waals surface area contributed by atoms with Crippen LogP contribution in [0.15, 0.2) is 0 Å². The van der Waals surface area contributed by atoms with Crippen molar-refractivity contribution >= 4 is 19.6 Å². The van der Waals surface area contributed by atoms with Crippen LogP contribution in [-0.4, -0.2) is 53.7 Å². The third-order valence-corrected chi connectivity index (χ3v) is 4.30. The summed E-state index contributed by atoms with van der Waals surface area (Å²) in [5.74, 6) is -0.874. The van der Waals surface area contributed by atoms with E-state index in [2.05, 4.69) is 10.6 Å². The molecule has 9 nitrogen and oxygen atoms in total. The normalized spacial score (nSPS) is 15.5. The maximum atomic E-state index is 12.0. The van der Waals surface area contributed by atoms with Crippen LogP contribution in [0.4, 0.5) is 0 Å². The lowest BCUT2D eigenvalue weighted by Crippen LogP contribution is -2.46. The molecule has 0 heterocycles. The third kappa shape index (κ3) is 10.6. The molecule has 0 saturated heterocycles. The Labute approximate surface area is 149 Å². The van der Waals surface area contributed by atoms with Gasteiger partial charge in [-0.25, -0.2) is 4.57 Å². The van der Waals surface area contributed by atoms with Crippen LogP contribution >= 0.6 is 7.82 Å². The van der Waals surface area contributed by atoms with E-state index < -0.39 is 31.4 Å². The summed E-state index contributed by atoms with van der Waals surface area (Å²) in [5.41, 5.74) is -1.13. The molecule has 2 atom stereocenters. The zero-order chi connectivity index (χ0) is 19.7. The van der Waals surface area contributed by atoms with E-state index in [1.54, 1.807) is 13.8 Å². The number of carbonyl (C=O) groups is 2. The van der Waals surface area contributed by atoms with Gasteiger partial charge in [0.1, 0.15) is 6.10 Å². The van der Waals surface area contributed by atoms with Crippen molar-refractivity contribution in [3.63, 3.8) is 0 Å². The number of hydrogen-bond acceptors (Lipinski definition) is 6. The summed E-state index contributed by atoms with van der Waals surface area (Å²) in [6.07, 6.45) is -1.07. The van der Waals surface area contributed by atoms with Crippen LogP contribution in [0.1, 0.15) is 47.5 Å². The molecule has 0 aromatic carbocycles. The number of aliphatic hydroxyl groups is 1. The van der Waals surface area contributed by atoms with Crippen molar-refractivity contribution in [3.05, 3.63) is 0 Å². The average Bonchev–Trinajstić information content (AvgIpc) is 2.49. The molecule has 10 heteroatoms. The Hall–Kier alpha value is -0.990. The molecule has 2 unspecified atom stereocenters. The van der Waals surface area contributed by atoms with Gasteiger partial charge in [-0.3, -0.25) is 18.6 Å². The molecule has 4 N–H and O–H groups in total. The number of rotatable bonds is 12. The number of nitrogens with one attached hydrogen (secondary N) is 2. The predicted octanol–water partition coefficient (Wildman–Crippen LogP) is 0.948. The van der Waals surface area contributed by atoms with Crippen molar-refractivity contribution in [2.24, 2.45) is 5.41 Å². The van der Waals surface area contributed by atoms with Gasteiger partial charge in [-0.1, -0.05) is 20.8 Å². The second-order valence-corrected chi connectivity index (χ2v) is 8.08. The van der Waals surface area contributed by atoms with Crippen molar-refractivity contribution in [1.29, 1.82) is 0 Å². The summed E-state index contributed by atoms with van der Waals surface area (Å²) in [6, 6.07) is 0. The van der Waals surface area contributed by atoms with E-state index in [0.29, 0.717) is 6.54 Å². The molecule has 0 saturated carbocycles. The Morgan fingerprint density at radius 2 is 1.80 bits per heavy atom. The zero-order valence-electron chi connectivity index (χ0n) is 15.6. The molecule has 25 heavy (non-hydrogen) atoms. The van der Waals surface area contributed by atoms with E-state index in [1.165, 1.54) is 13.8 Å². The molecule has 0 fully saturated rings. The van der Waals surface area contributed by atoms with E-state index in [0.717, 1.165) is 6.42 Å². The minimum absolute atomic E-state index is 0.0807. The van der Waals surface area contributed by atoms with Gasteiger partial charge in [0, 0.05) is 24.9 Å². The molecule has 0 radical (unpaired) electrons. The van der Waals surface area contributed by atoms with Gasteiger partial charge in [0.05, 0.1) is 12.7 Å². The van der Waals surface area contributed by atoms with Crippen LogP contribution in [0.3, 0.4) is 0 Å². The van der Waals surface area contributed by atoms with Gasteiger partial charge in [0.15, 0.2) is 0 Å². The van der Waals surface area contributed by atoms with Crippen molar-refractivity contribution in [1.82, 2.24) is 10.6 Å². The summed E-state index contributed by atoms with van der Waals surface area (Å²) in [4.78, 5) is 32.9. The Bertz CT molecular complexity index is 483. The first-order valence-corrected chi connectivity index (χ1v) is 9.79. The van der Waals surface area contributed by atoms with Gasteiger partial charge in [-0.15, -0.1) is 0 Å². The lowest BCUT2D eigenvalue weighted by molar-refractivity contribution is -0.137. The topological polar surface area (TPSA) is 134 Å². The molecule has 0 aliphatic carbocycles. The molecular formula is C15H31N2O7P. The summed E-state index contributed by atoms with van der Waals surface area (Å²) < 4.78 is 21.3. The lowest BCUT2D eigenvalue weighted by atomic mass is 9.87. The number of hydrogen-bond donors (Lipinski definition) is 4. The van der Waals surface area contributed by atoms with E-state index in [-0.39, 0.29) is 25.5 Å². The lowest BCUT2D eigenvalue weighted by Gasteiger charge is -2.30. The van der Waals surface area contributed by atoms with E-state index in [9.17, 15) is 24.2 Å². The molecule has 0 aliphatic heterocycles. The van der Waals surface area contributed by atoms with Crippen LogP contribution in [0, 0.1) is 5.41 Å². The first-order chi connectivity index (χ1) is 11.4. The van der Waals surface area contributed by atoms with Gasteiger partial charge >= 0.3 is 7.82 Å². The van der Waals surface area contributed by atoms with E-state index >= 15 is 0 Å². The molecule has 0 aromatic heterocycles. The van der Waals surface area contributed by atoms with Gasteiger partial charge in [0.2, 0.25) is 11.8 Å².